The van der Waals surface area contributed by atoms with E-state index in [2.05, 4.69) is 92.1 Å². The van der Waals surface area contributed by atoms with E-state index in [0.29, 0.717) is 17.4 Å². The van der Waals surface area contributed by atoms with Gasteiger partial charge in [0.2, 0.25) is 5.91 Å². The number of carbonyl (C=O) groups is 1. The molecule has 0 aliphatic heterocycles. The first-order valence-corrected chi connectivity index (χ1v) is 29.9. The molecule has 0 aromatic rings. The average molecular weight is 986 g/mol. The maximum atomic E-state index is 12.9. The fourth-order valence-electron chi connectivity index (χ4n) is 7.88. The highest BCUT2D eigenvalue weighted by Crippen LogP contribution is 2.38. The van der Waals surface area contributed by atoms with Gasteiger partial charge in [0.1, 0.15) is 13.2 Å². The van der Waals surface area contributed by atoms with Crippen LogP contribution in [0, 0.1) is 0 Å². The third-order valence-electron chi connectivity index (χ3n) is 12.3. The van der Waals surface area contributed by atoms with Crippen molar-refractivity contribution in [3.63, 3.8) is 0 Å². The van der Waals surface area contributed by atoms with Crippen molar-refractivity contribution >= 4 is 13.7 Å². The number of amides is 1. The first kappa shape index (κ1) is 66.7. The molecule has 1 amide bonds. The van der Waals surface area contributed by atoms with Crippen molar-refractivity contribution in [1.29, 1.82) is 0 Å². The molecule has 8 nitrogen and oxygen atoms in total. The molecule has 0 rings (SSSR count). The summed E-state index contributed by atoms with van der Waals surface area (Å²) >= 11 is 0. The standard InChI is InChI=1S/C60H109N2O6P/c1-6-8-10-12-14-16-18-20-22-23-24-25-26-27-28-29-30-31-32-33-34-35-36-37-38-39-40-42-44-46-48-50-52-54-60(64)61-58(57-68-69(65,66)67-56-55-62(3,4)5)59(63)53-51-49-47-45-43-41-21-19-17-15-13-11-9-7-2/h8,10,14,16-17,19-20,22,24-25,43,45,51,53,58-59,63H,6-7,9,11-13,15,18,21,23,26-42,44,46-50,52,54-57H2,1-5H3,(H-,61,64,65,66)/b10-8-,16-14-,19-17+,22-20-,25-24-,45-43+,53-51+. The highest BCUT2D eigenvalue weighted by atomic mass is 31.2. The Morgan fingerprint density at radius 3 is 1.35 bits per heavy atom. The summed E-state index contributed by atoms with van der Waals surface area (Å²) in [5.74, 6) is -0.212. The van der Waals surface area contributed by atoms with Crippen molar-refractivity contribution in [3.05, 3.63) is 85.1 Å². The molecule has 0 spiro atoms. The van der Waals surface area contributed by atoms with Gasteiger partial charge in [0, 0.05) is 6.42 Å². The highest BCUT2D eigenvalue weighted by molar-refractivity contribution is 7.45. The van der Waals surface area contributed by atoms with Crippen LogP contribution in [0.3, 0.4) is 0 Å². The number of allylic oxidation sites excluding steroid dienone is 13. The van der Waals surface area contributed by atoms with E-state index < -0.39 is 26.6 Å². The molecule has 2 N–H and O–H groups in total. The monoisotopic (exact) mass is 985 g/mol. The van der Waals surface area contributed by atoms with Crippen molar-refractivity contribution in [2.45, 2.75) is 251 Å². The molecule has 3 unspecified atom stereocenters. The van der Waals surface area contributed by atoms with Crippen LogP contribution in [0.2, 0.25) is 0 Å². The molecule has 0 heterocycles. The van der Waals surface area contributed by atoms with E-state index in [-0.39, 0.29) is 12.5 Å². The minimum atomic E-state index is -4.61. The third-order valence-corrected chi connectivity index (χ3v) is 13.3. The Bertz CT molecular complexity index is 1400. The largest absolute Gasteiger partial charge is 0.756 e. The second-order valence-electron chi connectivity index (χ2n) is 20.2. The number of aliphatic hydroxyl groups excluding tert-OH is 1. The van der Waals surface area contributed by atoms with Crippen LogP contribution < -0.4 is 10.2 Å². The second kappa shape index (κ2) is 50.6. The Morgan fingerprint density at radius 2 is 0.899 bits per heavy atom. The van der Waals surface area contributed by atoms with Crippen LogP contribution in [-0.4, -0.2) is 68.5 Å². The summed E-state index contributed by atoms with van der Waals surface area (Å²) < 4.78 is 23.3. The van der Waals surface area contributed by atoms with Crippen LogP contribution in [-0.2, 0) is 18.4 Å². The maximum absolute atomic E-state index is 12.9. The Labute approximate surface area is 426 Å². The van der Waals surface area contributed by atoms with Crippen LogP contribution in [0.4, 0.5) is 0 Å². The normalized spacial score (nSPS) is 14.6. The van der Waals surface area contributed by atoms with E-state index in [1.165, 1.54) is 141 Å². The number of likely N-dealkylation sites (N-methyl/N-ethyl adjacent to an activating group) is 1. The number of carbonyl (C=O) groups excluding carboxylic acids is 1. The fraction of sp³-hybridized carbons (Fsp3) is 0.750. The minimum absolute atomic E-state index is 0.0108. The third kappa shape index (κ3) is 53.3. The minimum Gasteiger partial charge on any atom is -0.756 e. The van der Waals surface area contributed by atoms with E-state index in [1.54, 1.807) is 6.08 Å². The molecule has 0 aromatic carbocycles. The molecule has 3 atom stereocenters. The van der Waals surface area contributed by atoms with Gasteiger partial charge in [-0.25, -0.2) is 0 Å². The summed E-state index contributed by atoms with van der Waals surface area (Å²) in [7, 11) is 1.23. The van der Waals surface area contributed by atoms with Gasteiger partial charge >= 0.3 is 0 Å². The zero-order chi connectivity index (χ0) is 50.6. The molecule has 9 heteroatoms. The summed E-state index contributed by atoms with van der Waals surface area (Å²) in [5, 5.41) is 13.8. The van der Waals surface area contributed by atoms with E-state index >= 15 is 0 Å². The summed E-state index contributed by atoms with van der Waals surface area (Å²) in [6, 6.07) is -0.911. The molecule has 400 valence electrons. The first-order chi connectivity index (χ1) is 33.5. The summed E-state index contributed by atoms with van der Waals surface area (Å²) in [4.78, 5) is 25.4. The lowest BCUT2D eigenvalue weighted by molar-refractivity contribution is -0.870. The Balaban J connectivity index is 4.07. The summed E-state index contributed by atoms with van der Waals surface area (Å²) in [5.41, 5.74) is 0. The quantitative estimate of drug-likeness (QED) is 0.0272. The first-order valence-electron chi connectivity index (χ1n) is 28.4. The topological polar surface area (TPSA) is 108 Å². The highest BCUT2D eigenvalue weighted by Gasteiger charge is 2.23. The number of aliphatic hydroxyl groups is 1. The smallest absolute Gasteiger partial charge is 0.268 e. The lowest BCUT2D eigenvalue weighted by atomic mass is 10.0. The zero-order valence-electron chi connectivity index (χ0n) is 45.5. The van der Waals surface area contributed by atoms with Gasteiger partial charge in [-0.1, -0.05) is 234 Å². The molecule has 0 fully saturated rings. The van der Waals surface area contributed by atoms with Crippen LogP contribution in [0.15, 0.2) is 85.1 Å². The Morgan fingerprint density at radius 1 is 0.522 bits per heavy atom. The van der Waals surface area contributed by atoms with Gasteiger partial charge in [0.15, 0.2) is 0 Å². The molecule has 0 radical (unpaired) electrons. The van der Waals surface area contributed by atoms with Crippen LogP contribution in [0.1, 0.15) is 239 Å². The number of unbranched alkanes of at least 4 members (excludes halogenated alkanes) is 26. The lowest BCUT2D eigenvalue weighted by Crippen LogP contribution is -2.45. The predicted octanol–water partition coefficient (Wildman–Crippen LogP) is 16.6. The van der Waals surface area contributed by atoms with Gasteiger partial charge in [-0.2, -0.15) is 0 Å². The van der Waals surface area contributed by atoms with Crippen molar-refractivity contribution < 1.29 is 32.9 Å². The Kier molecular flexibility index (Phi) is 48.9. The molecule has 0 saturated heterocycles. The SMILES string of the molecule is CC/C=C\C/C=C\C/C=C\C/C=C\CCCCCCCCCCCCCCCCCCCCCCC(=O)NC(COP(=O)([O-])OCC[N+](C)(C)C)C(O)/C=C/CC/C=C/CC/C=C/CCCCCC. The second-order valence-corrected chi connectivity index (χ2v) is 21.7. The molecule has 0 aromatic heterocycles. The average Bonchev–Trinajstić information content (AvgIpc) is 3.31. The zero-order valence-corrected chi connectivity index (χ0v) is 46.4. The molecular weight excluding hydrogens is 876 g/mol. The van der Waals surface area contributed by atoms with E-state index in [4.69, 9.17) is 9.05 Å². The molecule has 0 bridgehead atoms. The van der Waals surface area contributed by atoms with Crippen molar-refractivity contribution in [3.8, 4) is 0 Å². The molecular formula is C60H109N2O6P. The van der Waals surface area contributed by atoms with E-state index in [0.717, 1.165) is 77.0 Å². The van der Waals surface area contributed by atoms with Crippen molar-refractivity contribution in [1.82, 2.24) is 5.32 Å². The van der Waals surface area contributed by atoms with Crippen LogP contribution >= 0.6 is 7.82 Å². The van der Waals surface area contributed by atoms with Gasteiger partial charge in [0.05, 0.1) is 39.9 Å². The number of phosphoric ester groups is 1. The fourth-order valence-corrected chi connectivity index (χ4v) is 8.61. The van der Waals surface area contributed by atoms with Crippen LogP contribution in [0.25, 0.3) is 0 Å². The number of phosphoric acid groups is 1. The summed E-state index contributed by atoms with van der Waals surface area (Å²) in [6.45, 7) is 4.48. The van der Waals surface area contributed by atoms with Crippen molar-refractivity contribution in [2.24, 2.45) is 0 Å². The number of nitrogens with zero attached hydrogens (tertiary/aromatic N) is 1. The molecule has 0 aliphatic rings. The lowest BCUT2D eigenvalue weighted by Gasteiger charge is -2.29. The van der Waals surface area contributed by atoms with Gasteiger partial charge in [0.25, 0.3) is 7.82 Å². The van der Waals surface area contributed by atoms with Crippen molar-refractivity contribution in [2.75, 3.05) is 40.9 Å². The number of nitrogens with one attached hydrogen (secondary N) is 1. The van der Waals surface area contributed by atoms with E-state index in [1.807, 2.05) is 27.2 Å². The van der Waals surface area contributed by atoms with E-state index in [9.17, 15) is 19.4 Å². The van der Waals surface area contributed by atoms with Gasteiger partial charge in [-0.05, 0) is 83.5 Å². The number of rotatable bonds is 51. The molecule has 0 aliphatic carbocycles. The summed E-state index contributed by atoms with van der Waals surface area (Å²) in [6.07, 6.45) is 71.0. The van der Waals surface area contributed by atoms with Gasteiger partial charge < -0.3 is 28.8 Å². The molecule has 0 saturated carbocycles. The van der Waals surface area contributed by atoms with Gasteiger partial charge in [-0.3, -0.25) is 9.36 Å². The number of quaternary nitrogens is 1. The Hall–Kier alpha value is -2.32. The van der Waals surface area contributed by atoms with Crippen LogP contribution in [0.5, 0.6) is 0 Å². The number of hydrogen-bond donors (Lipinski definition) is 2. The molecule has 69 heavy (non-hydrogen) atoms. The number of hydrogen-bond acceptors (Lipinski definition) is 6. The maximum Gasteiger partial charge on any atom is 0.268 e. The van der Waals surface area contributed by atoms with Gasteiger partial charge in [-0.15, -0.1) is 0 Å². The predicted molar refractivity (Wildman–Crippen MR) is 297 cm³/mol.